The molecule has 11 heteroatoms. The minimum Gasteiger partial charge on any atom is -0.490 e. The van der Waals surface area contributed by atoms with Crippen LogP contribution in [0, 0.1) is 10.1 Å². The second-order valence-corrected chi connectivity index (χ2v) is 6.10. The van der Waals surface area contributed by atoms with Gasteiger partial charge in [0.05, 0.1) is 12.8 Å². The van der Waals surface area contributed by atoms with Gasteiger partial charge in [0.15, 0.2) is 16.5 Å². The zero-order valence-electron chi connectivity index (χ0n) is 14.8. The zero-order chi connectivity index (χ0) is 20.5. The number of nitrogens with two attached hydrogens (primary N) is 1. The van der Waals surface area contributed by atoms with Crippen LogP contribution in [0.1, 0.15) is 18.1 Å². The molecule has 0 fully saturated rings. The van der Waals surface area contributed by atoms with Crippen LogP contribution in [0.3, 0.4) is 0 Å². The molecule has 0 aliphatic heterocycles. The van der Waals surface area contributed by atoms with Crippen molar-refractivity contribution in [1.29, 1.82) is 0 Å². The van der Waals surface area contributed by atoms with Gasteiger partial charge in [-0.1, -0.05) is 29.3 Å². The Kier molecular flexibility index (Phi) is 7.85. The van der Waals surface area contributed by atoms with Crippen LogP contribution in [-0.4, -0.2) is 23.8 Å². The molecule has 0 unspecified atom stereocenters. The Morgan fingerprint density at radius 1 is 1.25 bits per heavy atom. The van der Waals surface area contributed by atoms with Gasteiger partial charge in [0.2, 0.25) is 0 Å². The molecule has 0 radical (unpaired) electrons. The number of nitro groups is 1. The zero-order valence-corrected chi connectivity index (χ0v) is 16.3. The molecule has 0 aromatic heterocycles. The number of hydrazone groups is 2. The Labute approximate surface area is 170 Å². The van der Waals surface area contributed by atoms with Crippen LogP contribution in [0.15, 0.2) is 46.6 Å². The monoisotopic (exact) mass is 425 g/mol. The van der Waals surface area contributed by atoms with Crippen molar-refractivity contribution in [2.24, 2.45) is 15.9 Å². The van der Waals surface area contributed by atoms with Crippen molar-refractivity contribution < 1.29 is 14.5 Å². The van der Waals surface area contributed by atoms with Gasteiger partial charge in [0.25, 0.3) is 5.96 Å². The first-order valence-corrected chi connectivity index (χ1v) is 8.75. The highest BCUT2D eigenvalue weighted by Crippen LogP contribution is 2.30. The second kappa shape index (κ2) is 10.3. The lowest BCUT2D eigenvalue weighted by atomic mass is 10.2. The van der Waals surface area contributed by atoms with Crippen LogP contribution in [0.25, 0.3) is 0 Å². The minimum atomic E-state index is -0.926. The summed E-state index contributed by atoms with van der Waals surface area (Å²) in [7, 11) is 0. The molecule has 2 rings (SSSR count). The van der Waals surface area contributed by atoms with Crippen molar-refractivity contribution >= 4 is 35.4 Å². The van der Waals surface area contributed by atoms with Crippen LogP contribution < -0.4 is 20.6 Å². The van der Waals surface area contributed by atoms with Gasteiger partial charge in [-0.05, 0) is 42.8 Å². The van der Waals surface area contributed by atoms with Gasteiger partial charge < -0.3 is 15.2 Å². The Balaban J connectivity index is 2.10. The maximum absolute atomic E-state index is 10.2. The molecule has 9 nitrogen and oxygen atoms in total. The molecule has 0 aliphatic carbocycles. The van der Waals surface area contributed by atoms with Crippen molar-refractivity contribution in [1.82, 2.24) is 5.43 Å². The van der Waals surface area contributed by atoms with E-state index in [0.717, 1.165) is 5.56 Å². The average Bonchev–Trinajstić information content (AvgIpc) is 2.62. The first-order valence-electron chi connectivity index (χ1n) is 8.00. The average molecular weight is 426 g/mol. The van der Waals surface area contributed by atoms with E-state index < -0.39 is 11.0 Å². The molecular formula is C17H17Cl2N5O4. The summed E-state index contributed by atoms with van der Waals surface area (Å²) in [5.41, 5.74) is 8.96. The van der Waals surface area contributed by atoms with E-state index in [9.17, 15) is 10.1 Å². The van der Waals surface area contributed by atoms with Crippen molar-refractivity contribution in [2.75, 3.05) is 6.61 Å². The van der Waals surface area contributed by atoms with Crippen LogP contribution in [0.2, 0.25) is 10.0 Å². The molecule has 2 aromatic rings. The lowest BCUT2D eigenvalue weighted by Crippen LogP contribution is -2.28. The summed E-state index contributed by atoms with van der Waals surface area (Å²) in [5.74, 6) is 0.585. The summed E-state index contributed by atoms with van der Waals surface area (Å²) in [6.07, 6.45) is 1.41. The smallest absolute Gasteiger partial charge is 0.286 e. The number of nitrogens with one attached hydrogen (secondary N) is 1. The highest BCUT2D eigenvalue weighted by atomic mass is 35.5. The number of nitrogens with zero attached hydrogens (tertiary/aromatic N) is 3. The predicted molar refractivity (Wildman–Crippen MR) is 108 cm³/mol. The third kappa shape index (κ3) is 6.60. The maximum atomic E-state index is 10.2. The highest BCUT2D eigenvalue weighted by Gasteiger charge is 2.08. The SMILES string of the molecule is CCOc1cc(C=NNC(N)=N[N+](=O)[O-])ccc1OCc1ccc(Cl)cc1Cl. The van der Waals surface area contributed by atoms with Crippen molar-refractivity contribution in [3.8, 4) is 11.5 Å². The standard InChI is InChI=1S/C17H17Cl2N5O4/c1-2-27-16-7-11(9-21-22-17(20)23-24(25)26)3-6-15(16)28-10-12-4-5-13(18)8-14(12)19/h3-9H,2,10H2,1H3,(H3,20,22,23). The molecule has 0 bridgehead atoms. The molecule has 0 atom stereocenters. The van der Waals surface area contributed by atoms with Crippen LogP contribution in [-0.2, 0) is 6.61 Å². The third-order valence-corrected chi connectivity index (χ3v) is 3.83. The van der Waals surface area contributed by atoms with E-state index in [-0.39, 0.29) is 6.61 Å². The first-order chi connectivity index (χ1) is 13.4. The van der Waals surface area contributed by atoms with E-state index >= 15 is 0 Å². The molecular weight excluding hydrogens is 409 g/mol. The van der Waals surface area contributed by atoms with E-state index in [2.05, 4.69) is 15.6 Å². The summed E-state index contributed by atoms with van der Waals surface area (Å²) in [4.78, 5) is 10.2. The summed E-state index contributed by atoms with van der Waals surface area (Å²) in [6.45, 7) is 2.51. The van der Waals surface area contributed by atoms with Gasteiger partial charge in [0.1, 0.15) is 11.7 Å². The Morgan fingerprint density at radius 2 is 2.04 bits per heavy atom. The largest absolute Gasteiger partial charge is 0.490 e. The number of guanidine groups is 1. The number of hydrogen-bond acceptors (Lipinski definition) is 5. The molecule has 0 aliphatic rings. The summed E-state index contributed by atoms with van der Waals surface area (Å²) in [6, 6.07) is 10.3. The lowest BCUT2D eigenvalue weighted by Gasteiger charge is -2.13. The van der Waals surface area contributed by atoms with E-state index in [1.54, 1.807) is 36.4 Å². The molecule has 148 valence electrons. The third-order valence-electron chi connectivity index (χ3n) is 3.25. The number of halogens is 2. The molecule has 28 heavy (non-hydrogen) atoms. The van der Waals surface area contributed by atoms with Gasteiger partial charge in [-0.2, -0.15) is 5.10 Å². The van der Waals surface area contributed by atoms with Crippen molar-refractivity contribution in [3.05, 3.63) is 67.7 Å². The van der Waals surface area contributed by atoms with E-state index in [1.807, 2.05) is 6.92 Å². The van der Waals surface area contributed by atoms with Gasteiger partial charge in [0, 0.05) is 15.6 Å². The predicted octanol–water partition coefficient (Wildman–Crippen LogP) is 3.40. The second-order valence-electron chi connectivity index (χ2n) is 5.26. The topological polar surface area (TPSA) is 124 Å². The fourth-order valence-electron chi connectivity index (χ4n) is 2.07. The molecule has 0 saturated carbocycles. The number of rotatable bonds is 8. The van der Waals surface area contributed by atoms with E-state index in [0.29, 0.717) is 33.7 Å². The molecule has 2 aromatic carbocycles. The fourth-order valence-corrected chi connectivity index (χ4v) is 2.53. The van der Waals surface area contributed by atoms with Crippen LogP contribution >= 0.6 is 23.2 Å². The van der Waals surface area contributed by atoms with Gasteiger partial charge >= 0.3 is 0 Å². The number of ether oxygens (including phenoxy) is 2. The summed E-state index contributed by atoms with van der Waals surface area (Å²) in [5, 5.41) is 17.0. The first kappa shape index (κ1) is 21.3. The van der Waals surface area contributed by atoms with Crippen LogP contribution in [0.4, 0.5) is 0 Å². The highest BCUT2D eigenvalue weighted by molar-refractivity contribution is 6.35. The van der Waals surface area contributed by atoms with Gasteiger partial charge in [-0.3, -0.25) is 0 Å². The molecule has 0 spiro atoms. The fraction of sp³-hybridized carbons (Fsp3) is 0.176. The number of hydrogen-bond donors (Lipinski definition) is 2. The molecule has 0 heterocycles. The maximum Gasteiger partial charge on any atom is 0.286 e. The van der Waals surface area contributed by atoms with Gasteiger partial charge in [-0.25, -0.2) is 15.5 Å². The Hall–Kier alpha value is -3.04. The quantitative estimate of drug-likeness (QED) is 0.289. The van der Waals surface area contributed by atoms with E-state index in [1.165, 1.54) is 6.21 Å². The van der Waals surface area contributed by atoms with Gasteiger partial charge in [-0.15, -0.1) is 0 Å². The van der Waals surface area contributed by atoms with E-state index in [4.69, 9.17) is 38.4 Å². The Morgan fingerprint density at radius 3 is 2.71 bits per heavy atom. The van der Waals surface area contributed by atoms with Crippen LogP contribution in [0.5, 0.6) is 11.5 Å². The lowest BCUT2D eigenvalue weighted by molar-refractivity contribution is -0.485. The summed E-state index contributed by atoms with van der Waals surface area (Å²) < 4.78 is 11.4. The van der Waals surface area contributed by atoms with Crippen molar-refractivity contribution in [2.45, 2.75) is 13.5 Å². The molecule has 0 amide bonds. The number of benzene rings is 2. The normalized spacial score (nSPS) is 11.5. The minimum absolute atomic E-state index is 0.235. The summed E-state index contributed by atoms with van der Waals surface area (Å²) >= 11 is 12.0. The Bertz CT molecular complexity index is 905. The molecule has 0 saturated heterocycles. The molecule has 3 N–H and O–H groups in total. The van der Waals surface area contributed by atoms with Crippen molar-refractivity contribution in [3.63, 3.8) is 0 Å².